The number of ether oxygens (including phenoxy) is 1. The molecule has 0 atom stereocenters. The van der Waals surface area contributed by atoms with Crippen LogP contribution in [0, 0.1) is 0 Å². The Morgan fingerprint density at radius 3 is 1.96 bits per heavy atom. The Morgan fingerprint density at radius 1 is 1.09 bits per heavy atom. The summed E-state index contributed by atoms with van der Waals surface area (Å²) in [5.74, 6) is 0.382. The van der Waals surface area contributed by atoms with Crippen LogP contribution >= 0.6 is 24.0 Å². The molecule has 12 heteroatoms. The van der Waals surface area contributed by atoms with Crippen LogP contribution in [0.2, 0.25) is 0 Å². The van der Waals surface area contributed by atoms with Crippen LogP contribution in [-0.4, -0.2) is 48.5 Å². The molecule has 9 nitrogen and oxygen atoms in total. The molecule has 1 aromatic carbocycles. The molecule has 0 amide bonds. The molecule has 0 aromatic heterocycles. The zero-order valence-electron chi connectivity index (χ0n) is 12.5. The Kier molecular flexibility index (Phi) is 8.06. The van der Waals surface area contributed by atoms with Crippen molar-refractivity contribution >= 4 is 55.7 Å². The van der Waals surface area contributed by atoms with Gasteiger partial charge in [0.25, 0.3) is 0 Å². The Labute approximate surface area is 152 Å². The van der Waals surface area contributed by atoms with Crippen molar-refractivity contribution in [2.75, 3.05) is 29.4 Å². The third-order valence-corrected chi connectivity index (χ3v) is 5.56. The summed E-state index contributed by atoms with van der Waals surface area (Å²) in [4.78, 5) is 3.73. The first-order chi connectivity index (χ1) is 10.0. The summed E-state index contributed by atoms with van der Waals surface area (Å²) in [7, 11) is -7.92. The predicted octanol–water partition coefficient (Wildman–Crippen LogP) is -0.318. The van der Waals surface area contributed by atoms with Crippen molar-refractivity contribution in [3.8, 4) is 5.75 Å². The van der Waals surface area contributed by atoms with Gasteiger partial charge in [0, 0.05) is 0 Å². The van der Waals surface area contributed by atoms with E-state index < -0.39 is 20.0 Å². The van der Waals surface area contributed by atoms with Gasteiger partial charge in [-0.25, -0.2) is 16.8 Å². The topological polar surface area (TPSA) is 145 Å². The molecule has 1 aromatic rings. The van der Waals surface area contributed by atoms with E-state index >= 15 is 0 Å². The number of nitrogens with zero attached hydrogens (tertiary/aromatic N) is 2. The van der Waals surface area contributed by atoms with Crippen molar-refractivity contribution in [2.45, 2.75) is 0 Å². The minimum Gasteiger partial charge on any atom is -0.492 e. The molecule has 4 N–H and O–H groups in total. The van der Waals surface area contributed by atoms with Crippen molar-refractivity contribution in [1.82, 2.24) is 0 Å². The molecule has 0 aliphatic rings. The second-order valence-corrected chi connectivity index (χ2v) is 8.27. The molecule has 0 spiro atoms. The zero-order valence-corrected chi connectivity index (χ0v) is 16.5. The quantitative estimate of drug-likeness (QED) is 0.237. The van der Waals surface area contributed by atoms with Crippen molar-refractivity contribution < 1.29 is 21.6 Å². The Hall–Kier alpha value is -1.28. The number of benzene rings is 1. The maximum absolute atomic E-state index is 11.6. The van der Waals surface area contributed by atoms with Crippen LogP contribution in [0.3, 0.4) is 0 Å². The summed E-state index contributed by atoms with van der Waals surface area (Å²) in [5, 5.41) is 0. The Balaban J connectivity index is 0.00000484. The van der Waals surface area contributed by atoms with Crippen LogP contribution in [0.1, 0.15) is 0 Å². The number of aliphatic imine (C=N–C) groups is 1. The second kappa shape index (κ2) is 8.54. The van der Waals surface area contributed by atoms with Gasteiger partial charge in [0.05, 0.1) is 24.7 Å². The van der Waals surface area contributed by atoms with E-state index in [1.54, 1.807) is 0 Å². The fraction of sp³-hybridized carbons (Fsp3) is 0.364. The van der Waals surface area contributed by atoms with Crippen LogP contribution in [0.15, 0.2) is 29.3 Å². The molecule has 0 aliphatic heterocycles. The maximum atomic E-state index is 11.6. The van der Waals surface area contributed by atoms with E-state index in [1.807, 2.05) is 0 Å². The summed E-state index contributed by atoms with van der Waals surface area (Å²) in [5.41, 5.74) is 10.3. The lowest BCUT2D eigenvalue weighted by Gasteiger charge is -2.19. The number of rotatable bonds is 7. The number of hydrogen-bond acceptors (Lipinski definition) is 6. The van der Waals surface area contributed by atoms with E-state index in [2.05, 4.69) is 4.99 Å². The predicted molar refractivity (Wildman–Crippen MR) is 100 cm³/mol. The molecule has 0 saturated heterocycles. The Bertz CT molecular complexity index is 711. The number of nitrogens with two attached hydrogens (primary N) is 2. The van der Waals surface area contributed by atoms with Gasteiger partial charge in [0.2, 0.25) is 20.0 Å². The normalized spacial score (nSPS) is 11.2. The van der Waals surface area contributed by atoms with Crippen LogP contribution in [0.25, 0.3) is 0 Å². The van der Waals surface area contributed by atoms with E-state index in [-0.39, 0.29) is 48.8 Å². The van der Waals surface area contributed by atoms with Crippen molar-refractivity contribution in [3.63, 3.8) is 0 Å². The van der Waals surface area contributed by atoms with Crippen LogP contribution < -0.4 is 19.9 Å². The Morgan fingerprint density at radius 2 is 1.57 bits per heavy atom. The molecule has 1 rings (SSSR count). The average Bonchev–Trinajstić information content (AvgIpc) is 2.33. The number of guanidine groups is 1. The standard InChI is InChI=1S/C11H18N4O5S2.HI/c1-21(16,17)15(22(2,18)19)9-3-5-10(6-4-9)20-8-7-14-11(12)13;/h3-6H,7-8H2,1-2H3,(H4,12,13,14);1H. The highest BCUT2D eigenvalue weighted by Gasteiger charge is 2.26. The molecule has 0 radical (unpaired) electrons. The highest BCUT2D eigenvalue weighted by atomic mass is 127. The maximum Gasteiger partial charge on any atom is 0.245 e. The lowest BCUT2D eigenvalue weighted by molar-refractivity contribution is 0.329. The second-order valence-electron chi connectivity index (χ2n) is 4.37. The van der Waals surface area contributed by atoms with E-state index in [0.717, 1.165) is 12.5 Å². The highest BCUT2D eigenvalue weighted by Crippen LogP contribution is 2.23. The lowest BCUT2D eigenvalue weighted by atomic mass is 10.3. The van der Waals surface area contributed by atoms with Crippen molar-refractivity contribution in [2.24, 2.45) is 16.5 Å². The SMILES string of the molecule is CS(=O)(=O)N(c1ccc(OCCN=C(N)N)cc1)S(C)(=O)=O.I. The molecule has 23 heavy (non-hydrogen) atoms. The molecular weight excluding hydrogens is 459 g/mol. The highest BCUT2D eigenvalue weighted by molar-refractivity contribution is 14.0. The molecule has 0 bridgehead atoms. The first-order valence-corrected chi connectivity index (χ1v) is 9.70. The molecule has 0 unspecified atom stereocenters. The number of anilines is 1. The minimum atomic E-state index is -3.96. The lowest BCUT2D eigenvalue weighted by Crippen LogP contribution is -2.35. The van der Waals surface area contributed by atoms with E-state index in [0.29, 0.717) is 9.46 Å². The van der Waals surface area contributed by atoms with Gasteiger partial charge in [-0.2, -0.15) is 3.71 Å². The van der Waals surface area contributed by atoms with Crippen LogP contribution in [-0.2, 0) is 20.0 Å². The smallest absolute Gasteiger partial charge is 0.245 e. The van der Waals surface area contributed by atoms with Crippen LogP contribution in [0.5, 0.6) is 5.75 Å². The molecule has 0 saturated carbocycles. The average molecular weight is 478 g/mol. The molecule has 0 fully saturated rings. The first-order valence-electron chi connectivity index (χ1n) is 6.00. The first kappa shape index (κ1) is 21.7. The summed E-state index contributed by atoms with van der Waals surface area (Å²) < 4.78 is 52.1. The molecule has 132 valence electrons. The van der Waals surface area contributed by atoms with Gasteiger partial charge in [-0.05, 0) is 24.3 Å². The third kappa shape index (κ3) is 7.22. The fourth-order valence-electron chi connectivity index (χ4n) is 1.63. The fourth-order valence-corrected chi connectivity index (χ4v) is 4.61. The monoisotopic (exact) mass is 478 g/mol. The zero-order chi connectivity index (χ0) is 17.0. The van der Waals surface area contributed by atoms with Crippen molar-refractivity contribution in [3.05, 3.63) is 24.3 Å². The number of sulfonamides is 2. The van der Waals surface area contributed by atoms with E-state index in [4.69, 9.17) is 16.2 Å². The number of hydrogen-bond donors (Lipinski definition) is 2. The molecule has 0 heterocycles. The summed E-state index contributed by atoms with van der Waals surface area (Å²) in [6, 6.07) is 5.57. The van der Waals surface area contributed by atoms with E-state index in [9.17, 15) is 16.8 Å². The van der Waals surface area contributed by atoms with Crippen molar-refractivity contribution in [1.29, 1.82) is 0 Å². The minimum absolute atomic E-state index is 0. The summed E-state index contributed by atoms with van der Waals surface area (Å²) in [6.07, 6.45) is 1.63. The third-order valence-electron chi connectivity index (χ3n) is 2.30. The van der Waals surface area contributed by atoms with Gasteiger partial charge in [0.15, 0.2) is 5.96 Å². The van der Waals surface area contributed by atoms with Gasteiger partial charge in [-0.3, -0.25) is 4.99 Å². The summed E-state index contributed by atoms with van der Waals surface area (Å²) in [6.45, 7) is 0.488. The van der Waals surface area contributed by atoms with Gasteiger partial charge >= 0.3 is 0 Å². The molecular formula is C11H19IN4O5S2. The summed E-state index contributed by atoms with van der Waals surface area (Å²) >= 11 is 0. The van der Waals surface area contributed by atoms with Gasteiger partial charge in [0.1, 0.15) is 12.4 Å². The number of halogens is 1. The van der Waals surface area contributed by atoms with Gasteiger partial charge in [-0.15, -0.1) is 24.0 Å². The van der Waals surface area contributed by atoms with Crippen LogP contribution in [0.4, 0.5) is 5.69 Å². The largest absolute Gasteiger partial charge is 0.492 e. The van der Waals surface area contributed by atoms with Gasteiger partial charge in [-0.1, -0.05) is 0 Å². The van der Waals surface area contributed by atoms with E-state index in [1.165, 1.54) is 24.3 Å². The molecule has 0 aliphatic carbocycles. The van der Waals surface area contributed by atoms with Gasteiger partial charge < -0.3 is 16.2 Å².